The van der Waals surface area contributed by atoms with Gasteiger partial charge in [-0.05, 0) is 56.1 Å². The highest BCUT2D eigenvalue weighted by Gasteiger charge is 2.38. The fraction of sp³-hybridized carbons (Fsp3) is 0.462. The molecule has 0 aromatic heterocycles. The summed E-state index contributed by atoms with van der Waals surface area (Å²) in [6.45, 7) is 2.26. The van der Waals surface area contributed by atoms with Crippen LogP contribution in [0, 0.1) is 11.3 Å². The normalized spacial score (nSPS) is 21.7. The SMILES string of the molecule is N#Cc1ccc2c(c1)CC1(CCNCC1)S2. The summed E-state index contributed by atoms with van der Waals surface area (Å²) in [4.78, 5) is 1.39. The van der Waals surface area contributed by atoms with Gasteiger partial charge in [-0.3, -0.25) is 0 Å². The number of nitrogens with one attached hydrogen (secondary N) is 1. The van der Waals surface area contributed by atoms with Crippen LogP contribution in [0.3, 0.4) is 0 Å². The maximum atomic E-state index is 8.90. The number of rotatable bonds is 0. The van der Waals surface area contributed by atoms with Crippen LogP contribution in [0.4, 0.5) is 0 Å². The molecule has 1 spiro atoms. The van der Waals surface area contributed by atoms with Crippen molar-refractivity contribution in [3.8, 4) is 6.07 Å². The van der Waals surface area contributed by atoms with Gasteiger partial charge in [-0.25, -0.2) is 0 Å². The predicted molar refractivity (Wildman–Crippen MR) is 65.6 cm³/mol. The third-order valence-electron chi connectivity index (χ3n) is 3.54. The van der Waals surface area contributed by atoms with Crippen LogP contribution in [0.1, 0.15) is 24.0 Å². The Labute approximate surface area is 100 Å². The number of hydrogen-bond acceptors (Lipinski definition) is 3. The van der Waals surface area contributed by atoms with E-state index >= 15 is 0 Å². The van der Waals surface area contributed by atoms with E-state index in [1.54, 1.807) is 0 Å². The molecule has 16 heavy (non-hydrogen) atoms. The third-order valence-corrected chi connectivity index (χ3v) is 5.15. The zero-order valence-electron chi connectivity index (χ0n) is 9.12. The number of nitrogens with zero attached hydrogens (tertiary/aromatic N) is 1. The molecule has 1 N–H and O–H groups in total. The Morgan fingerprint density at radius 1 is 1.31 bits per heavy atom. The lowest BCUT2D eigenvalue weighted by Crippen LogP contribution is -2.39. The third kappa shape index (κ3) is 1.63. The van der Waals surface area contributed by atoms with Crippen LogP contribution in [0.2, 0.25) is 0 Å². The first kappa shape index (κ1) is 10.2. The minimum Gasteiger partial charge on any atom is -0.317 e. The average molecular weight is 230 g/mol. The summed E-state index contributed by atoms with van der Waals surface area (Å²) in [5.74, 6) is 0. The van der Waals surface area contributed by atoms with Crippen molar-refractivity contribution in [3.63, 3.8) is 0 Å². The Morgan fingerprint density at radius 2 is 2.12 bits per heavy atom. The van der Waals surface area contributed by atoms with E-state index in [2.05, 4.69) is 23.5 Å². The van der Waals surface area contributed by atoms with Crippen molar-refractivity contribution in [2.45, 2.75) is 28.9 Å². The Hall–Kier alpha value is -0.980. The van der Waals surface area contributed by atoms with Crippen LogP contribution in [0.25, 0.3) is 0 Å². The molecule has 0 radical (unpaired) electrons. The molecule has 0 bridgehead atoms. The zero-order chi connectivity index (χ0) is 11.0. The molecule has 0 unspecified atom stereocenters. The molecule has 2 aliphatic heterocycles. The molecule has 0 saturated carbocycles. The molecule has 0 aliphatic carbocycles. The number of hydrogen-bond donors (Lipinski definition) is 1. The van der Waals surface area contributed by atoms with Gasteiger partial charge < -0.3 is 5.32 Å². The van der Waals surface area contributed by atoms with Crippen LogP contribution in [-0.2, 0) is 6.42 Å². The van der Waals surface area contributed by atoms with Crippen molar-refractivity contribution >= 4 is 11.8 Å². The molecule has 3 heteroatoms. The highest BCUT2D eigenvalue weighted by molar-refractivity contribution is 8.01. The van der Waals surface area contributed by atoms with Crippen LogP contribution < -0.4 is 5.32 Å². The van der Waals surface area contributed by atoms with Crippen LogP contribution >= 0.6 is 11.8 Å². The lowest BCUT2D eigenvalue weighted by atomic mass is 9.90. The van der Waals surface area contributed by atoms with Gasteiger partial charge in [0.25, 0.3) is 0 Å². The van der Waals surface area contributed by atoms with Crippen LogP contribution in [0.15, 0.2) is 23.1 Å². The fourth-order valence-corrected chi connectivity index (χ4v) is 4.17. The topological polar surface area (TPSA) is 35.8 Å². The molecule has 3 rings (SSSR count). The molecule has 1 fully saturated rings. The molecule has 1 saturated heterocycles. The lowest BCUT2D eigenvalue weighted by molar-refractivity contribution is 0.417. The van der Waals surface area contributed by atoms with E-state index in [-0.39, 0.29) is 0 Å². The van der Waals surface area contributed by atoms with E-state index in [1.165, 1.54) is 23.3 Å². The number of nitriles is 1. The van der Waals surface area contributed by atoms with Gasteiger partial charge in [-0.2, -0.15) is 5.26 Å². The molecule has 0 amide bonds. The Morgan fingerprint density at radius 3 is 2.88 bits per heavy atom. The first-order valence-corrected chi connectivity index (χ1v) is 6.56. The number of benzene rings is 1. The number of piperidine rings is 1. The van der Waals surface area contributed by atoms with Gasteiger partial charge in [-0.15, -0.1) is 11.8 Å². The van der Waals surface area contributed by atoms with E-state index < -0.39 is 0 Å². The quantitative estimate of drug-likeness (QED) is 0.743. The largest absolute Gasteiger partial charge is 0.317 e. The smallest absolute Gasteiger partial charge is 0.0991 e. The van der Waals surface area contributed by atoms with Gasteiger partial charge in [0.15, 0.2) is 0 Å². The Bertz CT molecular complexity index is 455. The maximum Gasteiger partial charge on any atom is 0.0991 e. The summed E-state index contributed by atoms with van der Waals surface area (Å²) < 4.78 is 0.418. The van der Waals surface area contributed by atoms with E-state index in [1.807, 2.05) is 17.8 Å². The second kappa shape index (κ2) is 3.80. The van der Waals surface area contributed by atoms with Crippen LogP contribution in [0.5, 0.6) is 0 Å². The van der Waals surface area contributed by atoms with Crippen molar-refractivity contribution in [1.82, 2.24) is 5.32 Å². The van der Waals surface area contributed by atoms with E-state index in [9.17, 15) is 0 Å². The molecule has 0 atom stereocenters. The van der Waals surface area contributed by atoms with Gasteiger partial charge in [-0.1, -0.05) is 0 Å². The van der Waals surface area contributed by atoms with Crippen molar-refractivity contribution in [2.75, 3.05) is 13.1 Å². The van der Waals surface area contributed by atoms with E-state index in [0.717, 1.165) is 25.1 Å². The monoisotopic (exact) mass is 230 g/mol. The second-order valence-electron chi connectivity index (χ2n) is 4.65. The maximum absolute atomic E-state index is 8.90. The lowest BCUT2D eigenvalue weighted by Gasteiger charge is -2.32. The highest BCUT2D eigenvalue weighted by atomic mass is 32.2. The minimum absolute atomic E-state index is 0.418. The molecular weight excluding hydrogens is 216 g/mol. The zero-order valence-corrected chi connectivity index (χ0v) is 9.94. The van der Waals surface area contributed by atoms with Crippen molar-refractivity contribution in [2.24, 2.45) is 0 Å². The van der Waals surface area contributed by atoms with Crippen molar-refractivity contribution in [3.05, 3.63) is 29.3 Å². The van der Waals surface area contributed by atoms with Crippen molar-refractivity contribution < 1.29 is 0 Å². The molecule has 82 valence electrons. The first-order valence-electron chi connectivity index (χ1n) is 5.74. The van der Waals surface area contributed by atoms with Crippen LogP contribution in [-0.4, -0.2) is 17.8 Å². The summed E-state index contributed by atoms with van der Waals surface area (Å²) in [6, 6.07) is 8.35. The van der Waals surface area contributed by atoms with Crippen molar-refractivity contribution in [1.29, 1.82) is 5.26 Å². The van der Waals surface area contributed by atoms with E-state index in [4.69, 9.17) is 5.26 Å². The van der Waals surface area contributed by atoms with Gasteiger partial charge in [0, 0.05) is 9.64 Å². The molecular formula is C13H14N2S. The number of fused-ring (bicyclic) bond motifs is 1. The fourth-order valence-electron chi connectivity index (χ4n) is 2.66. The summed E-state index contributed by atoms with van der Waals surface area (Å²) in [5, 5.41) is 12.3. The van der Waals surface area contributed by atoms with E-state index in [0.29, 0.717) is 4.75 Å². The molecule has 2 aliphatic rings. The molecule has 1 aromatic carbocycles. The Balaban J connectivity index is 1.91. The minimum atomic E-state index is 0.418. The standard InChI is InChI=1S/C13H14N2S/c14-9-10-1-2-12-11(7-10)8-13(16-12)3-5-15-6-4-13/h1-2,7,15H,3-6,8H2. The predicted octanol–water partition coefficient (Wildman–Crippen LogP) is 2.33. The van der Waals surface area contributed by atoms with Gasteiger partial charge in [0.2, 0.25) is 0 Å². The van der Waals surface area contributed by atoms with Gasteiger partial charge >= 0.3 is 0 Å². The Kier molecular flexibility index (Phi) is 2.42. The number of thioether (sulfide) groups is 1. The summed E-state index contributed by atoms with van der Waals surface area (Å²) in [5.41, 5.74) is 2.18. The summed E-state index contributed by atoms with van der Waals surface area (Å²) in [6.07, 6.45) is 3.63. The average Bonchev–Trinajstić information content (AvgIpc) is 2.66. The first-order chi connectivity index (χ1) is 7.81. The van der Waals surface area contributed by atoms with Gasteiger partial charge in [0.1, 0.15) is 0 Å². The summed E-state index contributed by atoms with van der Waals surface area (Å²) in [7, 11) is 0. The second-order valence-corrected chi connectivity index (χ2v) is 6.16. The molecule has 1 aromatic rings. The summed E-state index contributed by atoms with van der Waals surface area (Å²) >= 11 is 2.03. The molecule has 2 nitrogen and oxygen atoms in total. The van der Waals surface area contributed by atoms with Gasteiger partial charge in [0.05, 0.1) is 11.6 Å². The molecule has 2 heterocycles. The highest BCUT2D eigenvalue weighted by Crippen LogP contribution is 2.49.